The van der Waals surface area contributed by atoms with E-state index in [1.807, 2.05) is 0 Å². The lowest BCUT2D eigenvalue weighted by atomic mass is 9.92. The predicted octanol–water partition coefficient (Wildman–Crippen LogP) is -0.740. The molecule has 3 fully saturated rings. The number of nitrogens with two attached hydrogens (primary N) is 2. The van der Waals surface area contributed by atoms with Crippen LogP contribution in [0.3, 0.4) is 0 Å². The number of tetrazole rings is 1. The number of hydrogen-bond acceptors (Lipinski definition) is 13. The average molecular weight is 675 g/mol. The number of amides is 2. The van der Waals surface area contributed by atoms with Gasteiger partial charge in [0.2, 0.25) is 5.60 Å². The number of oxime groups is 1. The summed E-state index contributed by atoms with van der Waals surface area (Å²) in [6, 6.07) is -0.914. The number of aliphatic carboxylic acids is 1. The van der Waals surface area contributed by atoms with E-state index in [0.29, 0.717) is 30.4 Å². The van der Waals surface area contributed by atoms with E-state index in [1.54, 1.807) is 4.90 Å². The van der Waals surface area contributed by atoms with Crippen molar-refractivity contribution in [2.24, 2.45) is 10.9 Å². The summed E-state index contributed by atoms with van der Waals surface area (Å²) in [5.41, 5.74) is 11.1. The molecule has 2 aromatic rings. The Morgan fingerprint density at radius 3 is 2.70 bits per heavy atom. The van der Waals surface area contributed by atoms with Gasteiger partial charge in [0, 0.05) is 42.4 Å². The number of thiazole rings is 1. The van der Waals surface area contributed by atoms with Gasteiger partial charge < -0.3 is 36.5 Å². The van der Waals surface area contributed by atoms with Crippen LogP contribution in [0.25, 0.3) is 5.70 Å². The lowest BCUT2D eigenvalue weighted by Crippen LogP contribution is -2.70. The molecule has 0 spiro atoms. The van der Waals surface area contributed by atoms with Crippen molar-refractivity contribution in [3.05, 3.63) is 22.5 Å². The number of aromatic nitrogens is 5. The molecule has 0 aromatic carbocycles. The van der Waals surface area contributed by atoms with E-state index < -0.39 is 28.9 Å². The molecular weight excluding hydrogens is 639 g/mol. The van der Waals surface area contributed by atoms with Gasteiger partial charge in [-0.05, 0) is 24.3 Å². The number of rotatable bonds is 11. The molecule has 2 atom stereocenters. The summed E-state index contributed by atoms with van der Waals surface area (Å²) < 4.78 is 0.838. The molecule has 4 aliphatic heterocycles. The van der Waals surface area contributed by atoms with Crippen molar-refractivity contribution in [3.63, 3.8) is 0 Å². The highest BCUT2D eigenvalue weighted by Crippen LogP contribution is 2.49. The number of H-pyrrole nitrogens is 1. The number of nitrogens with zero attached hydrogens (tertiary/aromatic N) is 7. The topological polar surface area (TPSA) is 264 Å². The smallest absolute Gasteiger partial charge is 0.350 e. The van der Waals surface area contributed by atoms with Gasteiger partial charge in [-0.2, -0.15) is 0 Å². The van der Waals surface area contributed by atoms with Gasteiger partial charge in [-0.25, -0.2) is 14.9 Å². The zero-order valence-corrected chi connectivity index (χ0v) is 26.9. The summed E-state index contributed by atoms with van der Waals surface area (Å²) in [4.78, 5) is 49.8. The number of nitrogen functional groups attached to an aromatic ring is 1. The monoisotopic (exact) mass is 674 g/mol. The Morgan fingerprint density at radius 1 is 1.35 bits per heavy atom. The number of carboxylic acids is 1. The van der Waals surface area contributed by atoms with E-state index in [2.05, 4.69) is 41.4 Å². The number of guanidine groups is 1. The molecule has 3 saturated heterocycles. The summed E-state index contributed by atoms with van der Waals surface area (Å²) in [6.07, 6.45) is 4.16. The summed E-state index contributed by atoms with van der Waals surface area (Å²) in [5, 5.41) is 42.6. The van der Waals surface area contributed by atoms with Gasteiger partial charge in [-0.15, -0.1) is 28.2 Å². The molecule has 0 unspecified atom stereocenters. The van der Waals surface area contributed by atoms with Gasteiger partial charge in [0.1, 0.15) is 29.2 Å². The van der Waals surface area contributed by atoms with Gasteiger partial charge in [-0.3, -0.25) is 19.9 Å². The normalized spacial score (nSPS) is 27.6. The third-order valence-electron chi connectivity index (χ3n) is 9.33. The second-order valence-corrected chi connectivity index (χ2v) is 14.4. The third-order valence-corrected chi connectivity index (χ3v) is 11.3. The maximum atomic E-state index is 13.8. The Kier molecular flexibility index (Phi) is 8.13. The van der Waals surface area contributed by atoms with Crippen LogP contribution in [0.5, 0.6) is 0 Å². The Hall–Kier alpha value is -4.30. The number of β-lactam (4-membered cyclic amide) rings is 1. The number of aromatic amines is 1. The van der Waals surface area contributed by atoms with Crippen LogP contribution in [-0.4, -0.2) is 124 Å². The Balaban J connectivity index is 1.26. The fraction of sp³-hybridized carbons (Fsp3) is 0.577. The summed E-state index contributed by atoms with van der Waals surface area (Å²) >= 11 is 2.60. The molecule has 4 aliphatic rings. The van der Waals surface area contributed by atoms with E-state index in [-0.39, 0.29) is 33.9 Å². The van der Waals surface area contributed by atoms with Gasteiger partial charge in [0.25, 0.3) is 11.8 Å². The molecule has 18 nitrogen and oxygen atoms in total. The predicted molar refractivity (Wildman–Crippen MR) is 168 cm³/mol. The highest BCUT2D eigenvalue weighted by Gasteiger charge is 2.60. The van der Waals surface area contributed by atoms with Gasteiger partial charge in [0.15, 0.2) is 22.6 Å². The number of carbonyl (C=O) groups excluding carboxylic acids is 2. The summed E-state index contributed by atoms with van der Waals surface area (Å²) in [5.74, 6) is -1.50. The number of quaternary nitrogens is 1. The summed E-state index contributed by atoms with van der Waals surface area (Å²) in [7, 11) is 0. The van der Waals surface area contributed by atoms with Crippen LogP contribution in [0.1, 0.15) is 51.0 Å². The maximum absolute atomic E-state index is 13.8. The molecule has 0 aliphatic carbocycles. The molecule has 6 rings (SSSR count). The quantitative estimate of drug-likeness (QED) is 0.0510. The van der Waals surface area contributed by atoms with E-state index in [4.69, 9.17) is 21.7 Å². The van der Waals surface area contributed by atoms with E-state index in [9.17, 15) is 19.5 Å². The Morgan fingerprint density at radius 2 is 2.09 bits per heavy atom. The molecular formula is C26H36N13O5S2+. The third kappa shape index (κ3) is 5.42. The molecule has 2 aromatic heterocycles. The van der Waals surface area contributed by atoms with Crippen molar-refractivity contribution in [3.8, 4) is 0 Å². The molecule has 0 radical (unpaired) electrons. The van der Waals surface area contributed by atoms with Crippen LogP contribution in [0.2, 0.25) is 0 Å². The number of anilines is 1. The zero-order chi connectivity index (χ0) is 32.9. The van der Waals surface area contributed by atoms with Crippen LogP contribution >= 0.6 is 23.1 Å². The van der Waals surface area contributed by atoms with Crippen LogP contribution in [0, 0.1) is 5.41 Å². The number of nitrogens with one attached hydrogen (secondary N) is 4. The lowest BCUT2D eigenvalue weighted by molar-refractivity contribution is -0.946. The van der Waals surface area contributed by atoms with Crippen LogP contribution < -0.4 is 22.1 Å². The van der Waals surface area contributed by atoms with Crippen molar-refractivity contribution in [1.29, 1.82) is 5.41 Å². The molecule has 9 N–H and O–H groups in total. The lowest BCUT2D eigenvalue weighted by Gasteiger charge is -2.51. The molecule has 20 heteroatoms. The second kappa shape index (κ2) is 11.8. The van der Waals surface area contributed by atoms with E-state index in [0.717, 1.165) is 60.2 Å². The minimum absolute atomic E-state index is 0.0437. The van der Waals surface area contributed by atoms with E-state index >= 15 is 0 Å². The zero-order valence-electron chi connectivity index (χ0n) is 25.3. The first-order valence-corrected chi connectivity index (χ1v) is 16.7. The maximum Gasteiger partial charge on any atom is 0.350 e. The summed E-state index contributed by atoms with van der Waals surface area (Å²) in [6.45, 7) is 5.85. The first-order valence-electron chi connectivity index (χ1n) is 14.7. The van der Waals surface area contributed by atoms with Gasteiger partial charge in [0.05, 0.1) is 25.3 Å². The van der Waals surface area contributed by atoms with E-state index in [1.165, 1.54) is 31.0 Å². The molecule has 6 heterocycles. The SMILES string of the molecule is CC(C)(O/N=C(\C(=O)N[C@@H]1C(=O)N2C(c3nnn[nH]3)=C(C[N+]34CCCC3(CNC(=N)N)CCC4)CS[C@H]12)c1csc(N)n1)C(=O)O. The van der Waals surface area contributed by atoms with Crippen molar-refractivity contribution in [2.75, 3.05) is 37.7 Å². The molecule has 0 bridgehead atoms. The van der Waals surface area contributed by atoms with Gasteiger partial charge in [-0.1, -0.05) is 5.16 Å². The fourth-order valence-corrected chi connectivity index (χ4v) is 8.89. The first-order chi connectivity index (χ1) is 21.9. The highest BCUT2D eigenvalue weighted by atomic mass is 32.2. The number of thioether (sulfide) groups is 1. The second-order valence-electron chi connectivity index (χ2n) is 12.4. The van der Waals surface area contributed by atoms with Crippen molar-refractivity contribution >= 4 is 63.4 Å². The molecule has 46 heavy (non-hydrogen) atoms. The Labute approximate surface area is 271 Å². The van der Waals surface area contributed by atoms with Crippen molar-refractivity contribution in [1.82, 2.24) is 41.1 Å². The minimum atomic E-state index is -1.73. The van der Waals surface area contributed by atoms with Gasteiger partial charge >= 0.3 is 5.97 Å². The first kappa shape index (κ1) is 31.7. The number of hydrogen-bond donors (Lipinski definition) is 7. The largest absolute Gasteiger partial charge is 0.478 e. The molecule has 246 valence electrons. The Bertz CT molecular complexity index is 1610. The van der Waals surface area contributed by atoms with Crippen LogP contribution in [0.4, 0.5) is 5.13 Å². The van der Waals surface area contributed by atoms with Crippen LogP contribution in [0.15, 0.2) is 16.1 Å². The van der Waals surface area contributed by atoms with Crippen molar-refractivity contribution < 1.29 is 28.8 Å². The minimum Gasteiger partial charge on any atom is -0.478 e. The number of fused-ring (bicyclic) bond motifs is 2. The number of carbonyl (C=O) groups is 3. The molecule has 0 saturated carbocycles. The highest BCUT2D eigenvalue weighted by molar-refractivity contribution is 8.00. The molecule has 2 amide bonds. The fourth-order valence-electron chi connectivity index (χ4n) is 7.00. The standard InChI is InChI=1S/C26H35N13O5S2/c1-25(2,22(42)43)44-35-15(14-11-46-24(29)31-14)19(40)32-16-20(41)38-17(18-33-36-37-34-18)13(10-45-21(16)38)9-39-7-3-5-26(39,6-4-8-39)12-30-23(27)28/h11,16,21H,3-10,12H2,1-2H3,(H8-,27,28,29,30,31,32,33,34,36,37,40,42,43)/p+1/b35-15-/t16-,21-,26?,39?/m1/s1. The van der Waals surface area contributed by atoms with Crippen LogP contribution in [-0.2, 0) is 19.2 Å². The average Bonchev–Trinajstić information content (AvgIpc) is 3.80. The number of carboxylic acid groups (broad SMARTS) is 1. The van der Waals surface area contributed by atoms with Crippen molar-refractivity contribution in [2.45, 2.75) is 62.1 Å².